The van der Waals surface area contributed by atoms with Gasteiger partial charge in [-0.25, -0.2) is 0 Å². The molecule has 1 saturated carbocycles. The molecule has 1 aliphatic carbocycles. The smallest absolute Gasteiger partial charge is 0.00424 e. The fourth-order valence-electron chi connectivity index (χ4n) is 2.34. The Balaban J connectivity index is 2.24. The van der Waals surface area contributed by atoms with E-state index in [2.05, 4.69) is 37.3 Å². The molecular weight excluding hydrogens is 194 g/mol. The third-order valence-corrected chi connectivity index (χ3v) is 3.55. The zero-order valence-corrected chi connectivity index (χ0v) is 10.1. The topological polar surface area (TPSA) is 26.0 Å². The molecule has 1 aromatic carbocycles. The van der Waals surface area contributed by atoms with E-state index >= 15 is 0 Å². The SMILES string of the molecule is C/C(=C/CCN)c1ccccc1C1CCC1. The lowest BCUT2D eigenvalue weighted by molar-refractivity contribution is 0.419. The molecule has 0 spiro atoms. The Labute approximate surface area is 98.4 Å². The van der Waals surface area contributed by atoms with Crippen molar-refractivity contribution in [1.29, 1.82) is 0 Å². The van der Waals surface area contributed by atoms with Crippen LogP contribution in [0, 0.1) is 0 Å². The zero-order valence-electron chi connectivity index (χ0n) is 10.1. The minimum atomic E-state index is 0.739. The summed E-state index contributed by atoms with van der Waals surface area (Å²) in [5.41, 5.74) is 9.90. The Morgan fingerprint density at radius 1 is 1.38 bits per heavy atom. The van der Waals surface area contributed by atoms with Gasteiger partial charge in [-0.2, -0.15) is 0 Å². The van der Waals surface area contributed by atoms with Crippen molar-refractivity contribution < 1.29 is 0 Å². The van der Waals surface area contributed by atoms with Gasteiger partial charge in [0.05, 0.1) is 0 Å². The van der Waals surface area contributed by atoms with Crippen molar-refractivity contribution >= 4 is 5.57 Å². The van der Waals surface area contributed by atoms with E-state index in [1.165, 1.54) is 30.4 Å². The Hall–Kier alpha value is -1.08. The first kappa shape index (κ1) is 11.4. The van der Waals surface area contributed by atoms with E-state index in [0.717, 1.165) is 18.9 Å². The number of nitrogens with two attached hydrogens (primary N) is 1. The fraction of sp³-hybridized carbons (Fsp3) is 0.467. The van der Waals surface area contributed by atoms with Crippen LogP contribution < -0.4 is 5.73 Å². The van der Waals surface area contributed by atoms with Crippen LogP contribution in [0.4, 0.5) is 0 Å². The molecule has 0 amide bonds. The Morgan fingerprint density at radius 3 is 2.75 bits per heavy atom. The molecule has 1 aromatic rings. The molecule has 0 heterocycles. The minimum Gasteiger partial charge on any atom is -0.330 e. The summed E-state index contributed by atoms with van der Waals surface area (Å²) in [6, 6.07) is 8.83. The number of hydrogen-bond acceptors (Lipinski definition) is 1. The molecule has 16 heavy (non-hydrogen) atoms. The van der Waals surface area contributed by atoms with Gasteiger partial charge in [0.2, 0.25) is 0 Å². The summed E-state index contributed by atoms with van der Waals surface area (Å²) in [4.78, 5) is 0. The number of hydrogen-bond donors (Lipinski definition) is 1. The Morgan fingerprint density at radius 2 is 2.12 bits per heavy atom. The van der Waals surface area contributed by atoms with Crippen molar-refractivity contribution in [1.82, 2.24) is 0 Å². The van der Waals surface area contributed by atoms with Gasteiger partial charge in [-0.15, -0.1) is 0 Å². The second-order valence-electron chi connectivity index (χ2n) is 4.68. The van der Waals surface area contributed by atoms with Crippen LogP contribution in [0.3, 0.4) is 0 Å². The first-order valence-electron chi connectivity index (χ1n) is 6.29. The quantitative estimate of drug-likeness (QED) is 0.814. The van der Waals surface area contributed by atoms with Crippen molar-refractivity contribution in [2.75, 3.05) is 6.54 Å². The van der Waals surface area contributed by atoms with Crippen molar-refractivity contribution in [3.05, 3.63) is 41.5 Å². The van der Waals surface area contributed by atoms with Crippen LogP contribution >= 0.6 is 0 Å². The van der Waals surface area contributed by atoms with Gasteiger partial charge in [0.1, 0.15) is 0 Å². The van der Waals surface area contributed by atoms with Crippen LogP contribution in [-0.4, -0.2) is 6.54 Å². The molecule has 2 N–H and O–H groups in total. The second-order valence-corrected chi connectivity index (χ2v) is 4.68. The van der Waals surface area contributed by atoms with E-state index in [4.69, 9.17) is 5.73 Å². The van der Waals surface area contributed by atoms with Crippen LogP contribution in [0.5, 0.6) is 0 Å². The average Bonchev–Trinajstić information content (AvgIpc) is 2.24. The first-order valence-corrected chi connectivity index (χ1v) is 6.29. The molecule has 0 unspecified atom stereocenters. The van der Waals surface area contributed by atoms with Gasteiger partial charge < -0.3 is 5.73 Å². The highest BCUT2D eigenvalue weighted by Gasteiger charge is 2.21. The molecule has 0 atom stereocenters. The van der Waals surface area contributed by atoms with E-state index in [-0.39, 0.29) is 0 Å². The van der Waals surface area contributed by atoms with Crippen LogP contribution in [0.15, 0.2) is 30.3 Å². The highest BCUT2D eigenvalue weighted by atomic mass is 14.5. The van der Waals surface area contributed by atoms with E-state index in [0.29, 0.717) is 0 Å². The Bertz CT molecular complexity index is 375. The Kier molecular flexibility index (Phi) is 3.79. The van der Waals surface area contributed by atoms with Gasteiger partial charge in [-0.1, -0.05) is 36.8 Å². The standard InChI is InChI=1S/C15H21N/c1-12(6-5-11-16)14-9-2-3-10-15(14)13-7-4-8-13/h2-3,6,9-10,13H,4-5,7-8,11,16H2,1H3/b12-6-. The fourth-order valence-corrected chi connectivity index (χ4v) is 2.34. The van der Waals surface area contributed by atoms with Gasteiger partial charge in [-0.3, -0.25) is 0 Å². The van der Waals surface area contributed by atoms with E-state index in [1.54, 1.807) is 5.56 Å². The molecule has 1 aliphatic rings. The summed E-state index contributed by atoms with van der Waals surface area (Å²) in [7, 11) is 0. The van der Waals surface area contributed by atoms with Crippen molar-refractivity contribution in [2.24, 2.45) is 5.73 Å². The summed E-state index contributed by atoms with van der Waals surface area (Å²) >= 11 is 0. The number of rotatable bonds is 4. The maximum Gasteiger partial charge on any atom is -0.00424 e. The molecule has 0 saturated heterocycles. The van der Waals surface area contributed by atoms with Crippen LogP contribution in [0.1, 0.15) is 49.7 Å². The maximum atomic E-state index is 5.55. The van der Waals surface area contributed by atoms with E-state index < -0.39 is 0 Å². The lowest BCUT2D eigenvalue weighted by atomic mass is 9.77. The highest BCUT2D eigenvalue weighted by Crippen LogP contribution is 2.39. The largest absolute Gasteiger partial charge is 0.330 e. The van der Waals surface area contributed by atoms with Gasteiger partial charge in [-0.05, 0) is 55.3 Å². The third-order valence-electron chi connectivity index (χ3n) is 3.55. The normalized spacial score (nSPS) is 17.2. The molecule has 2 rings (SSSR count). The zero-order chi connectivity index (χ0) is 11.4. The van der Waals surface area contributed by atoms with E-state index in [9.17, 15) is 0 Å². The molecule has 0 aliphatic heterocycles. The number of allylic oxidation sites excluding steroid dienone is 1. The first-order chi connectivity index (χ1) is 7.83. The van der Waals surface area contributed by atoms with Crippen molar-refractivity contribution in [2.45, 2.75) is 38.5 Å². The maximum absolute atomic E-state index is 5.55. The number of benzene rings is 1. The molecule has 1 fully saturated rings. The lowest BCUT2D eigenvalue weighted by Gasteiger charge is -2.28. The molecule has 86 valence electrons. The molecule has 0 bridgehead atoms. The van der Waals surface area contributed by atoms with Gasteiger partial charge >= 0.3 is 0 Å². The van der Waals surface area contributed by atoms with Gasteiger partial charge in [0.15, 0.2) is 0 Å². The molecule has 1 heteroatoms. The van der Waals surface area contributed by atoms with Gasteiger partial charge in [0.25, 0.3) is 0 Å². The predicted octanol–water partition coefficient (Wildman–Crippen LogP) is 3.71. The van der Waals surface area contributed by atoms with E-state index in [1.807, 2.05) is 0 Å². The van der Waals surface area contributed by atoms with Crippen LogP contribution in [0.25, 0.3) is 5.57 Å². The van der Waals surface area contributed by atoms with Crippen molar-refractivity contribution in [3.63, 3.8) is 0 Å². The molecule has 0 radical (unpaired) electrons. The van der Waals surface area contributed by atoms with Gasteiger partial charge in [0, 0.05) is 0 Å². The molecule has 1 nitrogen and oxygen atoms in total. The summed E-state index contributed by atoms with van der Waals surface area (Å²) in [5.74, 6) is 0.803. The lowest BCUT2D eigenvalue weighted by Crippen LogP contribution is -2.10. The second kappa shape index (κ2) is 5.31. The molecular formula is C15H21N. The predicted molar refractivity (Wildman–Crippen MR) is 70.4 cm³/mol. The summed E-state index contributed by atoms with van der Waals surface area (Å²) in [5, 5.41) is 0. The highest BCUT2D eigenvalue weighted by molar-refractivity contribution is 5.67. The summed E-state index contributed by atoms with van der Waals surface area (Å²) < 4.78 is 0. The monoisotopic (exact) mass is 215 g/mol. The van der Waals surface area contributed by atoms with Crippen molar-refractivity contribution in [3.8, 4) is 0 Å². The van der Waals surface area contributed by atoms with Crippen LogP contribution in [0.2, 0.25) is 0 Å². The van der Waals surface area contributed by atoms with Crippen LogP contribution in [-0.2, 0) is 0 Å². The third kappa shape index (κ3) is 2.35. The minimum absolute atomic E-state index is 0.739. The average molecular weight is 215 g/mol. The summed E-state index contributed by atoms with van der Waals surface area (Å²) in [6.45, 7) is 2.94. The summed E-state index contributed by atoms with van der Waals surface area (Å²) in [6.07, 6.45) is 7.36. The molecule has 0 aromatic heterocycles.